The summed E-state index contributed by atoms with van der Waals surface area (Å²) in [5.74, 6) is 0. The average Bonchev–Trinajstić information content (AvgIpc) is 2.46. The molecule has 0 saturated heterocycles. The van der Waals surface area contributed by atoms with Crippen LogP contribution in [-0.4, -0.2) is 9.97 Å². The van der Waals surface area contributed by atoms with Gasteiger partial charge < -0.3 is 0 Å². The van der Waals surface area contributed by atoms with E-state index in [4.69, 9.17) is 5.26 Å². The SMILES string of the molecule is CCCCCCCc1ccc2cnc(C#N)cc2n1. The monoisotopic (exact) mass is 253 g/mol. The van der Waals surface area contributed by atoms with Crippen LogP contribution in [0.25, 0.3) is 10.9 Å². The molecule has 3 nitrogen and oxygen atoms in total. The Morgan fingerprint density at radius 3 is 2.79 bits per heavy atom. The Balaban J connectivity index is 2.02. The molecule has 0 bridgehead atoms. The van der Waals surface area contributed by atoms with Crippen LogP contribution in [0.2, 0.25) is 0 Å². The summed E-state index contributed by atoms with van der Waals surface area (Å²) >= 11 is 0. The van der Waals surface area contributed by atoms with E-state index in [1.807, 2.05) is 6.07 Å². The third kappa shape index (κ3) is 3.75. The number of unbranched alkanes of at least 4 members (excludes halogenated alkanes) is 4. The Labute approximate surface area is 114 Å². The van der Waals surface area contributed by atoms with Crippen molar-refractivity contribution in [1.29, 1.82) is 5.26 Å². The molecule has 2 aromatic heterocycles. The van der Waals surface area contributed by atoms with Gasteiger partial charge in [0.2, 0.25) is 0 Å². The van der Waals surface area contributed by atoms with Crippen molar-refractivity contribution in [3.05, 3.63) is 35.8 Å². The van der Waals surface area contributed by atoms with Crippen LogP contribution in [-0.2, 0) is 6.42 Å². The molecule has 0 fully saturated rings. The second kappa shape index (κ2) is 6.84. The lowest BCUT2D eigenvalue weighted by atomic mass is 10.1. The van der Waals surface area contributed by atoms with Crippen molar-refractivity contribution in [3.63, 3.8) is 0 Å². The summed E-state index contributed by atoms with van der Waals surface area (Å²) in [6, 6.07) is 7.92. The number of nitriles is 1. The van der Waals surface area contributed by atoms with E-state index in [1.54, 1.807) is 12.3 Å². The Bertz CT molecular complexity index is 584. The number of rotatable bonds is 6. The van der Waals surface area contributed by atoms with Gasteiger partial charge in [0.05, 0.1) is 5.52 Å². The third-order valence-corrected chi connectivity index (χ3v) is 3.28. The molecule has 2 heterocycles. The molecule has 2 aromatic rings. The largest absolute Gasteiger partial charge is 0.253 e. The third-order valence-electron chi connectivity index (χ3n) is 3.28. The summed E-state index contributed by atoms with van der Waals surface area (Å²) in [5, 5.41) is 9.84. The Morgan fingerprint density at radius 1 is 1.16 bits per heavy atom. The molecule has 3 heteroatoms. The maximum absolute atomic E-state index is 8.85. The van der Waals surface area contributed by atoms with Crippen LogP contribution in [0, 0.1) is 11.3 Å². The zero-order valence-corrected chi connectivity index (χ0v) is 11.4. The van der Waals surface area contributed by atoms with Gasteiger partial charge in [0, 0.05) is 23.3 Å². The van der Waals surface area contributed by atoms with E-state index >= 15 is 0 Å². The minimum atomic E-state index is 0.431. The fourth-order valence-corrected chi connectivity index (χ4v) is 2.17. The van der Waals surface area contributed by atoms with Crippen LogP contribution in [0.1, 0.15) is 50.4 Å². The smallest absolute Gasteiger partial charge is 0.142 e. The summed E-state index contributed by atoms with van der Waals surface area (Å²) < 4.78 is 0. The van der Waals surface area contributed by atoms with Gasteiger partial charge >= 0.3 is 0 Å². The van der Waals surface area contributed by atoms with Crippen molar-refractivity contribution in [2.24, 2.45) is 0 Å². The highest BCUT2D eigenvalue weighted by Gasteiger charge is 2.01. The molecule has 0 aliphatic rings. The number of nitrogens with zero attached hydrogens (tertiary/aromatic N) is 3. The number of aryl methyl sites for hydroxylation is 1. The highest BCUT2D eigenvalue weighted by molar-refractivity contribution is 5.78. The predicted molar refractivity (Wildman–Crippen MR) is 76.7 cm³/mol. The van der Waals surface area contributed by atoms with Crippen molar-refractivity contribution in [3.8, 4) is 6.07 Å². The van der Waals surface area contributed by atoms with Crippen molar-refractivity contribution < 1.29 is 0 Å². The van der Waals surface area contributed by atoms with Crippen LogP contribution in [0.3, 0.4) is 0 Å². The molecule has 0 saturated carbocycles. The van der Waals surface area contributed by atoms with E-state index in [1.165, 1.54) is 32.1 Å². The van der Waals surface area contributed by atoms with Crippen molar-refractivity contribution in [2.45, 2.75) is 45.4 Å². The highest BCUT2D eigenvalue weighted by Crippen LogP contribution is 2.14. The Morgan fingerprint density at radius 2 is 2.00 bits per heavy atom. The van der Waals surface area contributed by atoms with Crippen molar-refractivity contribution in [1.82, 2.24) is 9.97 Å². The number of hydrogen-bond donors (Lipinski definition) is 0. The quantitative estimate of drug-likeness (QED) is 0.731. The van der Waals surface area contributed by atoms with Gasteiger partial charge in [-0.05, 0) is 25.0 Å². The molecule has 0 spiro atoms. The van der Waals surface area contributed by atoms with Gasteiger partial charge in [-0.3, -0.25) is 4.98 Å². The highest BCUT2D eigenvalue weighted by atomic mass is 14.7. The number of pyridine rings is 2. The maximum atomic E-state index is 8.85. The van der Waals surface area contributed by atoms with Crippen LogP contribution in [0.4, 0.5) is 0 Å². The first-order valence-corrected chi connectivity index (χ1v) is 6.99. The van der Waals surface area contributed by atoms with Gasteiger partial charge in [-0.25, -0.2) is 4.98 Å². The molecule has 0 amide bonds. The van der Waals surface area contributed by atoms with E-state index < -0.39 is 0 Å². The second-order valence-electron chi connectivity index (χ2n) is 4.84. The summed E-state index contributed by atoms with van der Waals surface area (Å²) in [7, 11) is 0. The Kier molecular flexibility index (Phi) is 4.85. The summed E-state index contributed by atoms with van der Waals surface area (Å²) in [4.78, 5) is 8.66. The summed E-state index contributed by atoms with van der Waals surface area (Å²) in [6.07, 6.45) is 9.10. The minimum absolute atomic E-state index is 0.431. The van der Waals surface area contributed by atoms with Gasteiger partial charge in [0.1, 0.15) is 11.8 Å². The molecule has 0 radical (unpaired) electrons. The fraction of sp³-hybridized carbons (Fsp3) is 0.438. The molecule has 0 aromatic carbocycles. The molecule has 0 aliphatic carbocycles. The molecule has 0 N–H and O–H groups in total. The van der Waals surface area contributed by atoms with Crippen molar-refractivity contribution in [2.75, 3.05) is 0 Å². The van der Waals surface area contributed by atoms with Gasteiger partial charge in [-0.2, -0.15) is 5.26 Å². The number of fused-ring (bicyclic) bond motifs is 1. The van der Waals surface area contributed by atoms with E-state index in [0.29, 0.717) is 5.69 Å². The Hall–Kier alpha value is -1.95. The van der Waals surface area contributed by atoms with Gasteiger partial charge in [0.25, 0.3) is 0 Å². The van der Waals surface area contributed by atoms with Crippen LogP contribution in [0.5, 0.6) is 0 Å². The molecule has 0 atom stereocenters. The average molecular weight is 253 g/mol. The summed E-state index contributed by atoms with van der Waals surface area (Å²) in [6.45, 7) is 2.23. The first kappa shape index (κ1) is 13.5. The van der Waals surface area contributed by atoms with Gasteiger partial charge in [-0.1, -0.05) is 32.6 Å². The first-order chi connectivity index (χ1) is 9.33. The zero-order valence-electron chi connectivity index (χ0n) is 11.4. The zero-order chi connectivity index (χ0) is 13.5. The van der Waals surface area contributed by atoms with Gasteiger partial charge in [0.15, 0.2) is 0 Å². The lowest BCUT2D eigenvalue weighted by Crippen LogP contribution is -1.93. The van der Waals surface area contributed by atoms with E-state index in [0.717, 1.165) is 23.0 Å². The lowest BCUT2D eigenvalue weighted by Gasteiger charge is -2.03. The fourth-order valence-electron chi connectivity index (χ4n) is 2.17. The molecule has 0 unspecified atom stereocenters. The van der Waals surface area contributed by atoms with Crippen LogP contribution < -0.4 is 0 Å². The first-order valence-electron chi connectivity index (χ1n) is 6.99. The maximum Gasteiger partial charge on any atom is 0.142 e. The normalized spacial score (nSPS) is 10.5. The molecule has 0 aliphatic heterocycles. The molecule has 19 heavy (non-hydrogen) atoms. The topological polar surface area (TPSA) is 49.6 Å². The summed E-state index contributed by atoms with van der Waals surface area (Å²) in [5.41, 5.74) is 2.41. The molecule has 2 rings (SSSR count). The van der Waals surface area contributed by atoms with Gasteiger partial charge in [-0.15, -0.1) is 0 Å². The number of hydrogen-bond acceptors (Lipinski definition) is 3. The predicted octanol–water partition coefficient (Wildman–Crippen LogP) is 4.01. The number of aromatic nitrogens is 2. The van der Waals surface area contributed by atoms with Crippen LogP contribution in [0.15, 0.2) is 24.4 Å². The van der Waals surface area contributed by atoms with E-state index in [-0.39, 0.29) is 0 Å². The molecule has 98 valence electrons. The van der Waals surface area contributed by atoms with E-state index in [9.17, 15) is 0 Å². The lowest BCUT2D eigenvalue weighted by molar-refractivity contribution is 0.629. The standard InChI is InChI=1S/C16H19N3/c1-2-3-4-5-6-7-14-9-8-13-12-18-15(11-17)10-16(13)19-14/h8-10,12H,2-7H2,1H3. The van der Waals surface area contributed by atoms with Crippen molar-refractivity contribution >= 4 is 10.9 Å². The minimum Gasteiger partial charge on any atom is -0.253 e. The second-order valence-corrected chi connectivity index (χ2v) is 4.84. The van der Waals surface area contributed by atoms with E-state index in [2.05, 4.69) is 29.0 Å². The molecular formula is C16H19N3. The molecular weight excluding hydrogens is 234 g/mol. The van der Waals surface area contributed by atoms with Crippen LogP contribution >= 0.6 is 0 Å².